The van der Waals surface area contributed by atoms with Crippen molar-refractivity contribution in [3.63, 3.8) is 0 Å². The van der Waals surface area contributed by atoms with Crippen molar-refractivity contribution in [2.45, 2.75) is 13.2 Å². The molecule has 0 spiro atoms. The van der Waals surface area contributed by atoms with Crippen molar-refractivity contribution in [3.8, 4) is 11.5 Å². The molecule has 3 aromatic carbocycles. The van der Waals surface area contributed by atoms with Crippen molar-refractivity contribution in [2.75, 3.05) is 12.4 Å². The zero-order chi connectivity index (χ0) is 20.1. The Morgan fingerprint density at radius 3 is 2.43 bits per heavy atom. The van der Waals surface area contributed by atoms with E-state index in [2.05, 4.69) is 49.9 Å². The molecule has 0 bridgehead atoms. The third-order valence-corrected chi connectivity index (χ3v) is 6.29. The van der Waals surface area contributed by atoms with Crippen molar-refractivity contribution in [1.82, 2.24) is 0 Å². The van der Waals surface area contributed by atoms with Crippen LogP contribution in [0.3, 0.4) is 0 Å². The highest BCUT2D eigenvalue weighted by Gasteiger charge is 2.12. The number of nitrogens with one attached hydrogen (secondary N) is 1. The van der Waals surface area contributed by atoms with Crippen LogP contribution < -0.4 is 14.8 Å². The van der Waals surface area contributed by atoms with E-state index in [9.17, 15) is 0 Å². The average molecular weight is 593 g/mol. The van der Waals surface area contributed by atoms with Gasteiger partial charge in [0, 0.05) is 21.7 Å². The van der Waals surface area contributed by atoms with Gasteiger partial charge in [0.15, 0.2) is 11.5 Å². The molecule has 146 valence electrons. The second kappa shape index (κ2) is 10.1. The van der Waals surface area contributed by atoms with Gasteiger partial charge in [-0.25, -0.2) is 0 Å². The van der Waals surface area contributed by atoms with Gasteiger partial charge in [-0.15, -0.1) is 0 Å². The summed E-state index contributed by atoms with van der Waals surface area (Å²) < 4.78 is 13.4. The van der Waals surface area contributed by atoms with Crippen LogP contribution in [0.5, 0.6) is 11.5 Å². The molecule has 0 amide bonds. The molecule has 0 aromatic heterocycles. The summed E-state index contributed by atoms with van der Waals surface area (Å²) in [4.78, 5) is 0. The third kappa shape index (κ3) is 5.69. The SMILES string of the molecule is COc1cc(CNc2ccc(Br)c(Cl)c2)cc(I)c1OCc1ccc(Cl)cc1. The summed E-state index contributed by atoms with van der Waals surface area (Å²) in [5.41, 5.74) is 3.07. The van der Waals surface area contributed by atoms with Crippen molar-refractivity contribution in [3.05, 3.63) is 83.8 Å². The fraction of sp³-hybridized carbons (Fsp3) is 0.143. The van der Waals surface area contributed by atoms with Crippen LogP contribution in [-0.2, 0) is 13.2 Å². The van der Waals surface area contributed by atoms with Crippen LogP contribution in [-0.4, -0.2) is 7.11 Å². The normalized spacial score (nSPS) is 10.6. The van der Waals surface area contributed by atoms with Crippen molar-refractivity contribution in [2.24, 2.45) is 0 Å². The zero-order valence-electron chi connectivity index (χ0n) is 14.9. The minimum atomic E-state index is 0.443. The van der Waals surface area contributed by atoms with Gasteiger partial charge in [0.25, 0.3) is 0 Å². The topological polar surface area (TPSA) is 30.5 Å². The van der Waals surface area contributed by atoms with Gasteiger partial charge >= 0.3 is 0 Å². The molecule has 0 unspecified atom stereocenters. The van der Waals surface area contributed by atoms with Crippen molar-refractivity contribution in [1.29, 1.82) is 0 Å². The lowest BCUT2D eigenvalue weighted by atomic mass is 10.2. The summed E-state index contributed by atoms with van der Waals surface area (Å²) >= 11 is 17.7. The number of anilines is 1. The van der Waals surface area contributed by atoms with Crippen molar-refractivity contribution < 1.29 is 9.47 Å². The Morgan fingerprint density at radius 1 is 1.00 bits per heavy atom. The first-order valence-corrected chi connectivity index (χ1v) is 11.0. The first-order chi connectivity index (χ1) is 13.5. The Balaban J connectivity index is 1.71. The van der Waals surface area contributed by atoms with E-state index >= 15 is 0 Å². The number of rotatable bonds is 7. The van der Waals surface area contributed by atoms with Crippen LogP contribution >= 0.6 is 61.7 Å². The fourth-order valence-corrected chi connectivity index (χ4v) is 3.94. The predicted octanol–water partition coefficient (Wildman–Crippen LogP) is 7.56. The summed E-state index contributed by atoms with van der Waals surface area (Å²) in [6.45, 7) is 1.08. The summed E-state index contributed by atoms with van der Waals surface area (Å²) in [5.74, 6) is 1.43. The maximum Gasteiger partial charge on any atom is 0.174 e. The molecule has 3 aromatic rings. The molecule has 1 N–H and O–H groups in total. The lowest BCUT2D eigenvalue weighted by molar-refractivity contribution is 0.282. The largest absolute Gasteiger partial charge is 0.493 e. The van der Waals surface area contributed by atoms with E-state index in [4.69, 9.17) is 32.7 Å². The van der Waals surface area contributed by atoms with E-state index in [1.54, 1.807) is 7.11 Å². The predicted molar refractivity (Wildman–Crippen MR) is 128 cm³/mol. The van der Waals surface area contributed by atoms with Crippen LogP contribution in [0.25, 0.3) is 0 Å². The molecule has 7 heteroatoms. The molecule has 0 aliphatic heterocycles. The molecule has 0 radical (unpaired) electrons. The van der Waals surface area contributed by atoms with Gasteiger partial charge in [-0.2, -0.15) is 0 Å². The minimum absolute atomic E-state index is 0.443. The van der Waals surface area contributed by atoms with Crippen LogP contribution in [0.4, 0.5) is 5.69 Å². The third-order valence-electron chi connectivity index (χ3n) is 4.00. The lowest BCUT2D eigenvalue weighted by Crippen LogP contribution is -2.03. The maximum atomic E-state index is 6.15. The number of ether oxygens (including phenoxy) is 2. The van der Waals surface area contributed by atoms with Gasteiger partial charge in [0.05, 0.1) is 15.7 Å². The Hall–Kier alpha value is -1.15. The zero-order valence-corrected chi connectivity index (χ0v) is 20.2. The highest BCUT2D eigenvalue weighted by Crippen LogP contribution is 2.35. The minimum Gasteiger partial charge on any atom is -0.493 e. The molecule has 0 heterocycles. The smallest absolute Gasteiger partial charge is 0.174 e. The quantitative estimate of drug-likeness (QED) is 0.287. The van der Waals surface area contributed by atoms with Gasteiger partial charge in [0.1, 0.15) is 6.61 Å². The first kappa shape index (κ1) is 21.6. The second-order valence-corrected chi connectivity index (χ2v) is 8.87. The van der Waals surface area contributed by atoms with E-state index in [0.29, 0.717) is 28.9 Å². The van der Waals surface area contributed by atoms with Gasteiger partial charge in [-0.3, -0.25) is 0 Å². The van der Waals surface area contributed by atoms with Gasteiger partial charge in [0.2, 0.25) is 0 Å². The van der Waals surface area contributed by atoms with E-state index in [1.807, 2.05) is 48.5 Å². The van der Waals surface area contributed by atoms with Gasteiger partial charge < -0.3 is 14.8 Å². The summed E-state index contributed by atoms with van der Waals surface area (Å²) in [6, 6.07) is 17.4. The molecule has 0 saturated carbocycles. The van der Waals surface area contributed by atoms with E-state index < -0.39 is 0 Å². The molecular formula is C21H17BrCl2INO2. The first-order valence-electron chi connectivity index (χ1n) is 8.39. The Bertz CT molecular complexity index is 967. The molecule has 3 rings (SSSR count). The summed E-state index contributed by atoms with van der Waals surface area (Å²) in [6.07, 6.45) is 0. The maximum absolute atomic E-state index is 6.15. The highest BCUT2D eigenvalue weighted by molar-refractivity contribution is 14.1. The molecule has 0 aliphatic carbocycles. The molecular weight excluding hydrogens is 576 g/mol. The number of methoxy groups -OCH3 is 1. The van der Waals surface area contributed by atoms with Crippen LogP contribution in [0.2, 0.25) is 10.0 Å². The molecule has 3 nitrogen and oxygen atoms in total. The molecule has 0 saturated heterocycles. The van der Waals surface area contributed by atoms with Gasteiger partial charge in [-0.05, 0) is 92.1 Å². The van der Waals surface area contributed by atoms with Crippen LogP contribution in [0.15, 0.2) is 59.1 Å². The molecule has 0 aliphatic rings. The molecule has 0 atom stereocenters. The number of halogens is 4. The Kier molecular flexibility index (Phi) is 7.74. The van der Waals surface area contributed by atoms with Crippen molar-refractivity contribution >= 4 is 67.4 Å². The molecule has 0 fully saturated rings. The number of benzene rings is 3. The highest BCUT2D eigenvalue weighted by atomic mass is 127. The van der Waals surface area contributed by atoms with Gasteiger partial charge in [-0.1, -0.05) is 35.3 Å². The van der Waals surface area contributed by atoms with E-state index in [0.717, 1.165) is 30.6 Å². The summed E-state index contributed by atoms with van der Waals surface area (Å²) in [5, 5.41) is 4.75. The molecule has 28 heavy (non-hydrogen) atoms. The lowest BCUT2D eigenvalue weighted by Gasteiger charge is -2.15. The van der Waals surface area contributed by atoms with Crippen LogP contribution in [0, 0.1) is 3.57 Å². The standard InChI is InChI=1S/C21H17BrCl2INO2/c1-27-20-9-14(11-26-16-6-7-17(22)18(24)10-16)8-19(25)21(20)28-12-13-2-4-15(23)5-3-13/h2-10,26H,11-12H2,1H3. The average Bonchev–Trinajstić information content (AvgIpc) is 2.69. The Morgan fingerprint density at radius 2 is 1.75 bits per heavy atom. The number of hydrogen-bond donors (Lipinski definition) is 1. The fourth-order valence-electron chi connectivity index (χ4n) is 2.56. The number of hydrogen-bond acceptors (Lipinski definition) is 3. The Labute approximate surface area is 196 Å². The monoisotopic (exact) mass is 591 g/mol. The second-order valence-electron chi connectivity index (χ2n) is 6.01. The van der Waals surface area contributed by atoms with Crippen LogP contribution in [0.1, 0.15) is 11.1 Å². The van der Waals surface area contributed by atoms with E-state index in [1.165, 1.54) is 0 Å². The summed E-state index contributed by atoms with van der Waals surface area (Å²) in [7, 11) is 1.65. The van der Waals surface area contributed by atoms with E-state index in [-0.39, 0.29) is 0 Å².